The Labute approximate surface area is 124 Å². The number of rotatable bonds is 7. The van der Waals surface area contributed by atoms with E-state index < -0.39 is 11.4 Å². The zero-order chi connectivity index (χ0) is 15.4. The van der Waals surface area contributed by atoms with Crippen LogP contribution in [0.5, 0.6) is 0 Å². The first-order chi connectivity index (χ1) is 9.22. The van der Waals surface area contributed by atoms with Crippen LogP contribution in [0.4, 0.5) is 0 Å². The van der Waals surface area contributed by atoms with Gasteiger partial charge in [0.15, 0.2) is 5.82 Å². The van der Waals surface area contributed by atoms with Crippen LogP contribution in [-0.4, -0.2) is 26.0 Å². The van der Waals surface area contributed by atoms with Gasteiger partial charge in [-0.05, 0) is 12.8 Å². The van der Waals surface area contributed by atoms with Gasteiger partial charge in [0.1, 0.15) is 0 Å². The largest absolute Gasteiger partial charge is 0.481 e. The number of aromatic nitrogens is 2. The van der Waals surface area contributed by atoms with Crippen molar-refractivity contribution < 1.29 is 14.4 Å². The van der Waals surface area contributed by atoms with Gasteiger partial charge in [0, 0.05) is 11.2 Å². The molecule has 114 valence electrons. The summed E-state index contributed by atoms with van der Waals surface area (Å²) in [6.45, 7) is 10.1. The van der Waals surface area contributed by atoms with Crippen molar-refractivity contribution in [3.05, 3.63) is 11.7 Å². The summed E-state index contributed by atoms with van der Waals surface area (Å²) in [7, 11) is 0. The molecule has 0 saturated heterocycles. The fourth-order valence-electron chi connectivity index (χ4n) is 1.87. The molecule has 0 aromatic carbocycles. The summed E-state index contributed by atoms with van der Waals surface area (Å²) in [5.74, 6) is 0.920. The summed E-state index contributed by atoms with van der Waals surface area (Å²) >= 11 is 1.73. The molecule has 0 unspecified atom stereocenters. The minimum absolute atomic E-state index is 0.137. The first kappa shape index (κ1) is 17.0. The van der Waals surface area contributed by atoms with Crippen LogP contribution in [0.25, 0.3) is 0 Å². The van der Waals surface area contributed by atoms with Crippen molar-refractivity contribution in [1.29, 1.82) is 0 Å². The van der Waals surface area contributed by atoms with Crippen LogP contribution in [0.3, 0.4) is 0 Å². The van der Waals surface area contributed by atoms with E-state index in [4.69, 9.17) is 4.52 Å². The molecule has 1 aromatic heterocycles. The van der Waals surface area contributed by atoms with E-state index in [-0.39, 0.29) is 4.75 Å². The van der Waals surface area contributed by atoms with Gasteiger partial charge in [-0.2, -0.15) is 4.98 Å². The molecule has 0 spiro atoms. The zero-order valence-electron chi connectivity index (χ0n) is 12.9. The second-order valence-electron chi connectivity index (χ2n) is 5.97. The molecule has 1 aromatic rings. The van der Waals surface area contributed by atoms with E-state index in [0.717, 1.165) is 0 Å². The van der Waals surface area contributed by atoms with Crippen molar-refractivity contribution in [3.63, 3.8) is 0 Å². The van der Waals surface area contributed by atoms with Gasteiger partial charge in [0.25, 0.3) is 0 Å². The first-order valence-corrected chi connectivity index (χ1v) is 7.90. The Morgan fingerprint density at radius 1 is 1.30 bits per heavy atom. The molecule has 0 saturated carbocycles. The van der Waals surface area contributed by atoms with Gasteiger partial charge in [-0.15, -0.1) is 11.8 Å². The maximum Gasteiger partial charge on any atom is 0.310 e. The maximum atomic E-state index is 11.5. The van der Waals surface area contributed by atoms with Crippen molar-refractivity contribution in [2.75, 3.05) is 0 Å². The Balaban J connectivity index is 2.74. The third-order valence-electron chi connectivity index (χ3n) is 3.44. The van der Waals surface area contributed by atoms with E-state index in [1.165, 1.54) is 0 Å². The topological polar surface area (TPSA) is 76.2 Å². The molecular formula is C14H24N2O3S. The van der Waals surface area contributed by atoms with Gasteiger partial charge in [0.2, 0.25) is 5.89 Å². The third kappa shape index (κ3) is 4.51. The fraction of sp³-hybridized carbons (Fsp3) is 0.786. The number of carbonyl (C=O) groups is 1. The van der Waals surface area contributed by atoms with Crippen molar-refractivity contribution in [2.24, 2.45) is 5.41 Å². The molecule has 1 heterocycles. The summed E-state index contributed by atoms with van der Waals surface area (Å²) in [6.07, 6.45) is 1.39. The van der Waals surface area contributed by atoms with Crippen molar-refractivity contribution >= 4 is 17.7 Å². The lowest BCUT2D eigenvalue weighted by atomic mass is 9.79. The summed E-state index contributed by atoms with van der Waals surface area (Å²) in [5, 5.41) is 13.3. The van der Waals surface area contributed by atoms with Crippen LogP contribution in [0.2, 0.25) is 0 Å². The molecule has 5 nitrogen and oxygen atoms in total. The van der Waals surface area contributed by atoms with Crippen LogP contribution >= 0.6 is 11.8 Å². The van der Waals surface area contributed by atoms with Gasteiger partial charge < -0.3 is 9.63 Å². The molecule has 0 atom stereocenters. The highest BCUT2D eigenvalue weighted by molar-refractivity contribution is 7.99. The van der Waals surface area contributed by atoms with Crippen LogP contribution in [0.15, 0.2) is 4.52 Å². The number of nitrogens with zero attached hydrogens (tertiary/aromatic N) is 2. The molecular weight excluding hydrogens is 276 g/mol. The van der Waals surface area contributed by atoms with Crippen LogP contribution in [-0.2, 0) is 17.0 Å². The Bertz CT molecular complexity index is 448. The Morgan fingerprint density at radius 3 is 2.35 bits per heavy atom. The fourth-order valence-corrected chi connectivity index (χ4v) is 2.55. The van der Waals surface area contributed by atoms with Crippen LogP contribution in [0.1, 0.15) is 59.2 Å². The molecule has 0 aliphatic rings. The molecule has 0 bridgehead atoms. The van der Waals surface area contributed by atoms with E-state index >= 15 is 0 Å². The summed E-state index contributed by atoms with van der Waals surface area (Å²) in [4.78, 5) is 15.8. The van der Waals surface area contributed by atoms with E-state index in [9.17, 15) is 9.90 Å². The lowest BCUT2D eigenvalue weighted by Gasteiger charge is -2.24. The number of carboxylic acids is 1. The zero-order valence-corrected chi connectivity index (χ0v) is 13.7. The van der Waals surface area contributed by atoms with Crippen molar-refractivity contribution in [2.45, 2.75) is 64.4 Å². The molecule has 6 heteroatoms. The predicted molar refractivity (Wildman–Crippen MR) is 79.7 cm³/mol. The number of thioether (sulfide) groups is 1. The maximum absolute atomic E-state index is 11.5. The molecule has 20 heavy (non-hydrogen) atoms. The Morgan fingerprint density at radius 2 is 1.90 bits per heavy atom. The van der Waals surface area contributed by atoms with Crippen molar-refractivity contribution in [1.82, 2.24) is 10.1 Å². The minimum Gasteiger partial charge on any atom is -0.481 e. The number of hydrogen-bond acceptors (Lipinski definition) is 5. The van der Waals surface area contributed by atoms with Gasteiger partial charge >= 0.3 is 5.97 Å². The van der Waals surface area contributed by atoms with Gasteiger partial charge in [0.05, 0.1) is 11.2 Å². The summed E-state index contributed by atoms with van der Waals surface area (Å²) < 4.78 is 5.34. The highest BCUT2D eigenvalue weighted by Gasteiger charge is 2.37. The standard InChI is InChI=1S/C14H24N2O3S/c1-6-14(7-2,12(17)18)8-11-15-10(16-19-11)9-20-13(3,4)5/h6-9H2,1-5H3,(H,17,18). The highest BCUT2D eigenvalue weighted by Crippen LogP contribution is 2.31. The smallest absolute Gasteiger partial charge is 0.310 e. The predicted octanol–water partition coefficient (Wildman–Crippen LogP) is 3.53. The van der Waals surface area contributed by atoms with Gasteiger partial charge in [-0.25, -0.2) is 0 Å². The number of carboxylic acid groups (broad SMARTS) is 1. The average Bonchev–Trinajstić information content (AvgIpc) is 2.80. The molecule has 1 rings (SSSR count). The van der Waals surface area contributed by atoms with Crippen LogP contribution in [0, 0.1) is 5.41 Å². The average molecular weight is 300 g/mol. The minimum atomic E-state index is -0.805. The van der Waals surface area contributed by atoms with Crippen LogP contribution < -0.4 is 0 Å². The quantitative estimate of drug-likeness (QED) is 0.830. The number of hydrogen-bond donors (Lipinski definition) is 1. The second kappa shape index (κ2) is 6.61. The lowest BCUT2D eigenvalue weighted by molar-refractivity contribution is -0.149. The molecule has 0 fully saturated rings. The van der Waals surface area contributed by atoms with Gasteiger partial charge in [-0.3, -0.25) is 4.79 Å². The number of aliphatic carboxylic acids is 1. The first-order valence-electron chi connectivity index (χ1n) is 6.91. The van der Waals surface area contributed by atoms with E-state index in [1.54, 1.807) is 11.8 Å². The lowest BCUT2D eigenvalue weighted by Crippen LogP contribution is -2.32. The van der Waals surface area contributed by atoms with E-state index in [2.05, 4.69) is 30.9 Å². The Kier molecular flexibility index (Phi) is 5.62. The highest BCUT2D eigenvalue weighted by atomic mass is 32.2. The van der Waals surface area contributed by atoms with E-state index in [1.807, 2.05) is 13.8 Å². The molecule has 0 aliphatic carbocycles. The third-order valence-corrected chi connectivity index (χ3v) is 4.71. The van der Waals surface area contributed by atoms with E-state index in [0.29, 0.717) is 36.7 Å². The van der Waals surface area contributed by atoms with Crippen molar-refractivity contribution in [3.8, 4) is 0 Å². The normalized spacial score (nSPS) is 12.7. The molecule has 0 amide bonds. The Hall–Kier alpha value is -1.04. The molecule has 0 aliphatic heterocycles. The summed E-state index contributed by atoms with van der Waals surface area (Å²) in [6, 6.07) is 0. The van der Waals surface area contributed by atoms with Gasteiger partial charge in [-0.1, -0.05) is 39.8 Å². The molecule has 1 N–H and O–H groups in total. The summed E-state index contributed by atoms with van der Waals surface area (Å²) in [5.41, 5.74) is -0.805. The SMILES string of the molecule is CCC(CC)(Cc1nc(CSC(C)(C)C)no1)C(=O)O. The molecule has 0 radical (unpaired) electrons. The second-order valence-corrected chi connectivity index (χ2v) is 7.78. The monoisotopic (exact) mass is 300 g/mol.